The van der Waals surface area contributed by atoms with E-state index in [4.69, 9.17) is 0 Å². The minimum Gasteiger partial charge on any atom is -0.277 e. The zero-order valence-corrected chi connectivity index (χ0v) is 14.4. The molecule has 3 rings (SSSR count). The van der Waals surface area contributed by atoms with Gasteiger partial charge in [0.05, 0.1) is 11.4 Å². The average Bonchev–Trinajstić information content (AvgIpc) is 2.67. The van der Waals surface area contributed by atoms with Crippen LogP contribution in [-0.4, -0.2) is 30.7 Å². The molecule has 1 aliphatic carbocycles. The van der Waals surface area contributed by atoms with E-state index in [1.807, 2.05) is 104 Å². The van der Waals surface area contributed by atoms with Crippen molar-refractivity contribution < 1.29 is 0 Å². The Morgan fingerprint density at radius 2 is 1.28 bits per heavy atom. The maximum atomic E-state index is 4.54. The van der Waals surface area contributed by atoms with E-state index in [0.717, 1.165) is 11.4 Å². The fraction of sp³-hybridized carbons (Fsp3) is 0.200. The van der Waals surface area contributed by atoms with Crippen molar-refractivity contribution in [2.75, 3.05) is 14.1 Å². The molecule has 1 aliphatic rings. The second-order valence-electron chi connectivity index (χ2n) is 5.97. The lowest BCUT2D eigenvalue weighted by Crippen LogP contribution is -2.40. The third-order valence-electron chi connectivity index (χ3n) is 3.94. The molecule has 0 bridgehead atoms. The predicted molar refractivity (Wildman–Crippen MR) is 100 cm³/mol. The van der Waals surface area contributed by atoms with E-state index in [1.165, 1.54) is 0 Å². The Kier molecular flexibility index (Phi) is 5.26. The van der Waals surface area contributed by atoms with Crippen LogP contribution < -0.4 is 0 Å². The number of hydrogen-bond donors (Lipinski definition) is 0. The van der Waals surface area contributed by atoms with Crippen molar-refractivity contribution in [3.8, 4) is 0 Å². The highest BCUT2D eigenvalue weighted by atomic mass is 15.3. The van der Waals surface area contributed by atoms with Crippen LogP contribution in [0, 0.1) is 0 Å². The van der Waals surface area contributed by atoms with Gasteiger partial charge in [-0.2, -0.15) is 20.5 Å². The second kappa shape index (κ2) is 7.77. The highest BCUT2D eigenvalue weighted by Gasteiger charge is 2.29. The third kappa shape index (κ3) is 4.33. The Hall–Kier alpha value is -2.92. The van der Waals surface area contributed by atoms with E-state index in [0.29, 0.717) is 0 Å². The minimum absolute atomic E-state index is 0.0970. The molecule has 0 saturated heterocycles. The molecule has 2 aromatic carbocycles. The summed E-state index contributed by atoms with van der Waals surface area (Å²) in [6, 6.07) is 19.3. The number of rotatable bonds is 5. The van der Waals surface area contributed by atoms with Crippen LogP contribution in [0.25, 0.3) is 0 Å². The third-order valence-corrected chi connectivity index (χ3v) is 3.94. The van der Waals surface area contributed by atoms with Gasteiger partial charge >= 0.3 is 0 Å². The van der Waals surface area contributed by atoms with Crippen LogP contribution in [0.1, 0.15) is 0 Å². The smallest absolute Gasteiger partial charge is 0.171 e. The largest absolute Gasteiger partial charge is 0.277 e. The molecule has 0 amide bonds. The quantitative estimate of drug-likeness (QED) is 0.541. The maximum absolute atomic E-state index is 4.54. The van der Waals surface area contributed by atoms with Crippen LogP contribution in [0.3, 0.4) is 0 Å². The van der Waals surface area contributed by atoms with E-state index >= 15 is 0 Å². The molecule has 0 saturated carbocycles. The molecule has 0 fully saturated rings. The summed E-state index contributed by atoms with van der Waals surface area (Å²) < 4.78 is 0. The summed E-state index contributed by atoms with van der Waals surface area (Å²) in [5, 5.41) is 17.5. The van der Waals surface area contributed by atoms with Crippen LogP contribution in [0.5, 0.6) is 0 Å². The molecule has 5 heteroatoms. The Morgan fingerprint density at radius 1 is 0.760 bits per heavy atom. The van der Waals surface area contributed by atoms with Crippen molar-refractivity contribution >= 4 is 11.4 Å². The first-order valence-electron chi connectivity index (χ1n) is 8.18. The highest BCUT2D eigenvalue weighted by molar-refractivity contribution is 5.36. The van der Waals surface area contributed by atoms with Gasteiger partial charge in [-0.3, -0.25) is 4.90 Å². The lowest BCUT2D eigenvalue weighted by Gasteiger charge is -2.31. The topological polar surface area (TPSA) is 52.7 Å². The monoisotopic (exact) mass is 331 g/mol. The van der Waals surface area contributed by atoms with Crippen molar-refractivity contribution in [3.05, 3.63) is 85.0 Å². The molecule has 5 nitrogen and oxygen atoms in total. The Balaban J connectivity index is 1.74. The summed E-state index contributed by atoms with van der Waals surface area (Å²) in [4.78, 5) is 2.01. The normalized spacial score (nSPS) is 23.1. The van der Waals surface area contributed by atoms with Crippen LogP contribution >= 0.6 is 0 Å². The molecule has 0 radical (unpaired) electrons. The second-order valence-corrected chi connectivity index (χ2v) is 5.97. The summed E-state index contributed by atoms with van der Waals surface area (Å²) in [5.41, 5.74) is 1.07. The van der Waals surface area contributed by atoms with Crippen molar-refractivity contribution in [2.45, 2.75) is 11.7 Å². The molecule has 0 atom stereocenters. The highest BCUT2D eigenvalue weighted by Crippen LogP contribution is 2.26. The number of nitrogens with zero attached hydrogens (tertiary/aromatic N) is 5. The molecule has 126 valence electrons. The molecule has 0 aliphatic heterocycles. The zero-order valence-electron chi connectivity index (χ0n) is 14.4. The summed E-state index contributed by atoms with van der Waals surface area (Å²) in [6.07, 6.45) is 8.01. The molecular weight excluding hydrogens is 310 g/mol. The van der Waals surface area contributed by atoms with Gasteiger partial charge in [0.15, 0.2) is 5.66 Å². The predicted octanol–water partition coefficient (Wildman–Crippen LogP) is 5.31. The van der Waals surface area contributed by atoms with Gasteiger partial charge in [0.2, 0.25) is 0 Å². The van der Waals surface area contributed by atoms with E-state index < -0.39 is 5.66 Å². The van der Waals surface area contributed by atoms with Crippen molar-refractivity contribution in [1.82, 2.24) is 4.90 Å². The Morgan fingerprint density at radius 3 is 1.80 bits per heavy atom. The Labute approximate surface area is 148 Å². The van der Waals surface area contributed by atoms with Gasteiger partial charge < -0.3 is 0 Å². The van der Waals surface area contributed by atoms with E-state index in [9.17, 15) is 0 Å². The lowest BCUT2D eigenvalue weighted by atomic mass is 10.0. The van der Waals surface area contributed by atoms with Gasteiger partial charge in [-0.1, -0.05) is 48.6 Å². The first kappa shape index (κ1) is 16.9. The van der Waals surface area contributed by atoms with Gasteiger partial charge in [-0.25, -0.2) is 0 Å². The first-order chi connectivity index (χ1) is 12.2. The summed E-state index contributed by atoms with van der Waals surface area (Å²) in [7, 11) is 3.95. The summed E-state index contributed by atoms with van der Waals surface area (Å²) in [5.74, 6) is 0. The lowest BCUT2D eigenvalue weighted by molar-refractivity contribution is 0.260. The molecular formula is C20H21N5. The standard InChI is InChI=1S/C20H21N5/c1-25(2)20(24-23-18-11-7-4-8-12-18)15-13-19(14-16-20)22-21-17-9-5-3-6-10-17/h3-16,19H,1-2H3. The molecule has 0 spiro atoms. The molecule has 0 heterocycles. The van der Waals surface area contributed by atoms with Gasteiger partial charge in [-0.15, -0.1) is 0 Å². The fourth-order valence-corrected chi connectivity index (χ4v) is 2.39. The molecule has 0 N–H and O–H groups in total. The zero-order chi connectivity index (χ0) is 17.5. The van der Waals surface area contributed by atoms with Crippen molar-refractivity contribution in [1.29, 1.82) is 0 Å². The van der Waals surface area contributed by atoms with Crippen LogP contribution in [0.15, 0.2) is 105 Å². The van der Waals surface area contributed by atoms with Crippen LogP contribution in [-0.2, 0) is 0 Å². The first-order valence-corrected chi connectivity index (χ1v) is 8.18. The van der Waals surface area contributed by atoms with Gasteiger partial charge in [-0.05, 0) is 50.5 Å². The van der Waals surface area contributed by atoms with Gasteiger partial charge in [0.25, 0.3) is 0 Å². The van der Waals surface area contributed by atoms with E-state index in [1.54, 1.807) is 0 Å². The Bertz CT molecular complexity index is 777. The summed E-state index contributed by atoms with van der Waals surface area (Å²) in [6.45, 7) is 0. The fourth-order valence-electron chi connectivity index (χ4n) is 2.39. The maximum Gasteiger partial charge on any atom is 0.171 e. The number of hydrogen-bond acceptors (Lipinski definition) is 5. The van der Waals surface area contributed by atoms with E-state index in [-0.39, 0.29) is 6.04 Å². The molecule has 2 aromatic rings. The summed E-state index contributed by atoms with van der Waals surface area (Å²) >= 11 is 0. The SMILES string of the molecule is CN(C)C1(N=Nc2ccccc2)C=CC(N=Nc2ccccc2)C=C1. The molecule has 0 aromatic heterocycles. The van der Waals surface area contributed by atoms with E-state index in [2.05, 4.69) is 20.5 Å². The van der Waals surface area contributed by atoms with Crippen LogP contribution in [0.2, 0.25) is 0 Å². The van der Waals surface area contributed by atoms with Crippen molar-refractivity contribution in [2.24, 2.45) is 20.5 Å². The number of azo groups is 2. The van der Waals surface area contributed by atoms with Gasteiger partial charge in [0.1, 0.15) is 6.04 Å². The molecule has 0 unspecified atom stereocenters. The number of benzene rings is 2. The minimum atomic E-state index is -0.603. The average molecular weight is 331 g/mol. The van der Waals surface area contributed by atoms with Crippen molar-refractivity contribution in [3.63, 3.8) is 0 Å². The van der Waals surface area contributed by atoms with Gasteiger partial charge in [0, 0.05) is 0 Å². The van der Waals surface area contributed by atoms with Crippen LogP contribution in [0.4, 0.5) is 11.4 Å². The molecule has 25 heavy (non-hydrogen) atoms. The number of likely N-dealkylation sites (N-methyl/N-ethyl adjacent to an activating group) is 1.